The van der Waals surface area contributed by atoms with E-state index in [9.17, 15) is 9.90 Å². The quantitative estimate of drug-likeness (QED) is 0.909. The number of piperidine rings is 1. The minimum atomic E-state index is -0.631. The molecule has 0 radical (unpaired) electrons. The van der Waals surface area contributed by atoms with E-state index in [1.807, 2.05) is 12.3 Å². The van der Waals surface area contributed by atoms with Crippen molar-refractivity contribution in [3.63, 3.8) is 0 Å². The summed E-state index contributed by atoms with van der Waals surface area (Å²) in [5, 5.41) is 9.63. The first-order valence-electron chi connectivity index (χ1n) is 7.62. The average Bonchev–Trinajstić information content (AvgIpc) is 2.82. The van der Waals surface area contributed by atoms with Gasteiger partial charge in [-0.25, -0.2) is 0 Å². The van der Waals surface area contributed by atoms with Crippen molar-refractivity contribution in [1.82, 2.24) is 14.8 Å². The fourth-order valence-corrected chi connectivity index (χ4v) is 3.85. The van der Waals surface area contributed by atoms with E-state index in [0.717, 1.165) is 44.6 Å². The minimum absolute atomic E-state index is 0.0411. The molecule has 2 aliphatic heterocycles. The number of carboxylic acid groups (broad SMARTS) is 1. The van der Waals surface area contributed by atoms with E-state index in [-0.39, 0.29) is 11.3 Å². The van der Waals surface area contributed by atoms with Crippen LogP contribution in [0.3, 0.4) is 0 Å². The Kier molecular flexibility index (Phi) is 3.95. The maximum absolute atomic E-state index is 11.7. The van der Waals surface area contributed by atoms with Gasteiger partial charge in [-0.3, -0.25) is 14.7 Å². The van der Waals surface area contributed by atoms with E-state index in [0.29, 0.717) is 6.54 Å². The third kappa shape index (κ3) is 2.94. The van der Waals surface area contributed by atoms with Gasteiger partial charge in [0, 0.05) is 37.4 Å². The van der Waals surface area contributed by atoms with Gasteiger partial charge in [0.2, 0.25) is 0 Å². The van der Waals surface area contributed by atoms with Crippen LogP contribution in [-0.2, 0) is 11.3 Å². The number of aromatic nitrogens is 1. The smallest absolute Gasteiger partial charge is 0.308 e. The molecule has 21 heavy (non-hydrogen) atoms. The van der Waals surface area contributed by atoms with Gasteiger partial charge in [0.1, 0.15) is 0 Å². The maximum Gasteiger partial charge on any atom is 0.308 e. The molecule has 1 spiro atoms. The Morgan fingerprint density at radius 1 is 1.48 bits per heavy atom. The topological polar surface area (TPSA) is 56.7 Å². The van der Waals surface area contributed by atoms with Gasteiger partial charge < -0.3 is 10.0 Å². The first-order chi connectivity index (χ1) is 10.1. The minimum Gasteiger partial charge on any atom is -0.481 e. The lowest BCUT2D eigenvalue weighted by Crippen LogP contribution is -2.44. The number of likely N-dealkylation sites (tertiary alicyclic amines) is 2. The zero-order chi connectivity index (χ0) is 14.9. The number of aliphatic carboxylic acids is 1. The molecule has 2 fully saturated rings. The van der Waals surface area contributed by atoms with Crippen molar-refractivity contribution in [3.05, 3.63) is 30.1 Å². The molecule has 2 aliphatic rings. The van der Waals surface area contributed by atoms with Gasteiger partial charge in [-0.2, -0.15) is 0 Å². The van der Waals surface area contributed by atoms with Crippen LogP contribution in [0, 0.1) is 11.3 Å². The lowest BCUT2D eigenvalue weighted by atomic mass is 9.71. The van der Waals surface area contributed by atoms with E-state index in [1.54, 1.807) is 6.20 Å². The number of rotatable bonds is 3. The summed E-state index contributed by atoms with van der Waals surface area (Å²) in [5.41, 5.74) is 1.12. The van der Waals surface area contributed by atoms with Gasteiger partial charge in [0.15, 0.2) is 0 Å². The van der Waals surface area contributed by atoms with Crippen molar-refractivity contribution in [2.45, 2.75) is 19.4 Å². The van der Waals surface area contributed by atoms with Crippen LogP contribution in [0.15, 0.2) is 24.5 Å². The molecule has 1 N–H and O–H groups in total. The van der Waals surface area contributed by atoms with Crippen molar-refractivity contribution in [3.8, 4) is 0 Å². The number of pyridine rings is 1. The van der Waals surface area contributed by atoms with Gasteiger partial charge in [-0.1, -0.05) is 6.07 Å². The largest absolute Gasteiger partial charge is 0.481 e. The summed E-state index contributed by atoms with van der Waals surface area (Å²) < 4.78 is 0. The highest BCUT2D eigenvalue weighted by molar-refractivity contribution is 5.72. The summed E-state index contributed by atoms with van der Waals surface area (Å²) in [5.74, 6) is -0.865. The zero-order valence-electron chi connectivity index (χ0n) is 12.5. The van der Waals surface area contributed by atoms with Crippen LogP contribution in [0.25, 0.3) is 0 Å². The van der Waals surface area contributed by atoms with Crippen LogP contribution in [0.5, 0.6) is 0 Å². The molecular weight excluding hydrogens is 266 g/mol. The molecule has 3 heterocycles. The molecule has 1 unspecified atom stereocenters. The van der Waals surface area contributed by atoms with E-state index in [1.165, 1.54) is 0 Å². The van der Waals surface area contributed by atoms with Crippen LogP contribution in [0.2, 0.25) is 0 Å². The van der Waals surface area contributed by atoms with E-state index < -0.39 is 5.97 Å². The van der Waals surface area contributed by atoms with Gasteiger partial charge in [0.05, 0.1) is 5.92 Å². The molecule has 114 valence electrons. The molecule has 0 amide bonds. The van der Waals surface area contributed by atoms with Crippen molar-refractivity contribution in [2.24, 2.45) is 11.3 Å². The predicted octanol–water partition coefficient (Wildman–Crippen LogP) is 1.31. The first kappa shape index (κ1) is 14.5. The molecule has 0 saturated carbocycles. The summed E-state index contributed by atoms with van der Waals surface area (Å²) in [4.78, 5) is 20.4. The first-order valence-corrected chi connectivity index (χ1v) is 7.62. The molecule has 0 bridgehead atoms. The molecule has 0 aromatic carbocycles. The molecule has 1 aromatic heterocycles. The molecule has 5 heteroatoms. The fourth-order valence-electron chi connectivity index (χ4n) is 3.85. The number of hydrogen-bond donors (Lipinski definition) is 1. The SMILES string of the molecule is CN1CCC2(CC1)CN(Cc1cccnc1)CC2C(=O)O. The van der Waals surface area contributed by atoms with Gasteiger partial charge >= 0.3 is 5.97 Å². The highest BCUT2D eigenvalue weighted by Crippen LogP contribution is 2.45. The molecule has 1 aromatic rings. The second-order valence-corrected chi connectivity index (χ2v) is 6.59. The molecule has 0 aliphatic carbocycles. The second-order valence-electron chi connectivity index (χ2n) is 6.59. The molecule has 5 nitrogen and oxygen atoms in total. The van der Waals surface area contributed by atoms with Crippen molar-refractivity contribution in [2.75, 3.05) is 33.2 Å². The third-order valence-electron chi connectivity index (χ3n) is 5.13. The Morgan fingerprint density at radius 3 is 2.86 bits per heavy atom. The Balaban J connectivity index is 1.74. The highest BCUT2D eigenvalue weighted by atomic mass is 16.4. The second kappa shape index (κ2) is 5.73. The Hall–Kier alpha value is -1.46. The average molecular weight is 289 g/mol. The number of nitrogens with zero attached hydrogens (tertiary/aromatic N) is 3. The van der Waals surface area contributed by atoms with Crippen LogP contribution in [0.4, 0.5) is 0 Å². The summed E-state index contributed by atoms with van der Waals surface area (Å²) in [7, 11) is 2.12. The van der Waals surface area contributed by atoms with E-state index >= 15 is 0 Å². The highest BCUT2D eigenvalue weighted by Gasteiger charge is 2.50. The standard InChI is InChI=1S/C16H23N3O2/c1-18-7-4-16(5-8-18)12-19(11-14(16)15(20)21)10-13-3-2-6-17-9-13/h2-3,6,9,14H,4-5,7-8,10-12H2,1H3,(H,20,21). The van der Waals surface area contributed by atoms with Crippen LogP contribution in [-0.4, -0.2) is 59.1 Å². The van der Waals surface area contributed by atoms with E-state index in [4.69, 9.17) is 0 Å². The van der Waals surface area contributed by atoms with Crippen LogP contribution < -0.4 is 0 Å². The fraction of sp³-hybridized carbons (Fsp3) is 0.625. The summed E-state index contributed by atoms with van der Waals surface area (Å²) in [6.07, 6.45) is 5.62. The Labute approximate surface area is 125 Å². The van der Waals surface area contributed by atoms with Crippen molar-refractivity contribution < 1.29 is 9.90 Å². The number of hydrogen-bond acceptors (Lipinski definition) is 4. The molecule has 2 saturated heterocycles. The monoisotopic (exact) mass is 289 g/mol. The molecule has 1 atom stereocenters. The summed E-state index contributed by atoms with van der Waals surface area (Å²) >= 11 is 0. The normalized spacial score (nSPS) is 26.2. The van der Waals surface area contributed by atoms with Crippen LogP contribution >= 0.6 is 0 Å². The number of carbonyl (C=O) groups is 1. The van der Waals surface area contributed by atoms with Crippen LogP contribution in [0.1, 0.15) is 18.4 Å². The summed E-state index contributed by atoms with van der Waals surface area (Å²) in [6, 6.07) is 3.99. The number of carboxylic acids is 1. The maximum atomic E-state index is 11.7. The molecular formula is C16H23N3O2. The summed E-state index contributed by atoms with van der Waals surface area (Å²) in [6.45, 7) is 4.37. The predicted molar refractivity (Wildman–Crippen MR) is 79.8 cm³/mol. The molecule has 3 rings (SSSR count). The van der Waals surface area contributed by atoms with Gasteiger partial charge in [0.25, 0.3) is 0 Å². The Bertz CT molecular complexity index is 498. The van der Waals surface area contributed by atoms with E-state index in [2.05, 4.69) is 27.9 Å². The van der Waals surface area contributed by atoms with Crippen molar-refractivity contribution >= 4 is 5.97 Å². The third-order valence-corrected chi connectivity index (χ3v) is 5.13. The lowest BCUT2D eigenvalue weighted by Gasteiger charge is -2.40. The van der Waals surface area contributed by atoms with Gasteiger partial charge in [-0.15, -0.1) is 0 Å². The lowest BCUT2D eigenvalue weighted by molar-refractivity contribution is -0.145. The van der Waals surface area contributed by atoms with Crippen molar-refractivity contribution in [1.29, 1.82) is 0 Å². The zero-order valence-corrected chi connectivity index (χ0v) is 12.5. The van der Waals surface area contributed by atoms with Gasteiger partial charge in [-0.05, 0) is 44.6 Å². The Morgan fingerprint density at radius 2 is 2.24 bits per heavy atom.